The molecule has 0 aliphatic carbocycles. The van der Waals surface area contributed by atoms with E-state index in [4.69, 9.17) is 0 Å². The molecule has 1 N–H and O–H groups in total. The average Bonchev–Trinajstić information content (AvgIpc) is 2.94. The van der Waals surface area contributed by atoms with Crippen molar-refractivity contribution in [3.63, 3.8) is 0 Å². The molecule has 1 heterocycles. The molecule has 0 radical (unpaired) electrons. The molecule has 2 amide bonds. The summed E-state index contributed by atoms with van der Waals surface area (Å²) in [6.07, 6.45) is 0.541. The number of halogens is 1. The first-order valence-electron chi connectivity index (χ1n) is 8.59. The van der Waals surface area contributed by atoms with E-state index in [1.54, 1.807) is 19.1 Å². The number of aryl methyl sites for hydroxylation is 1. The number of hydrogen-bond acceptors (Lipinski definition) is 4. The van der Waals surface area contributed by atoms with Crippen LogP contribution in [-0.2, 0) is 11.2 Å². The fraction of sp³-hybridized carbons (Fsp3) is 0.421. The Kier molecular flexibility index (Phi) is 6.85. The molecular weight excluding hydrogens is 353 g/mol. The predicted octanol–water partition coefficient (Wildman–Crippen LogP) is 3.17. The summed E-state index contributed by atoms with van der Waals surface area (Å²) in [4.78, 5) is 31.3. The second kappa shape index (κ2) is 8.89. The van der Waals surface area contributed by atoms with Crippen molar-refractivity contribution >= 4 is 23.2 Å². The van der Waals surface area contributed by atoms with Crippen LogP contribution in [0.2, 0.25) is 0 Å². The maximum atomic E-state index is 13.0. The summed E-state index contributed by atoms with van der Waals surface area (Å²) in [6, 6.07) is 6.27. The smallest absolute Gasteiger partial charge is 0.266 e. The number of nitrogens with zero attached hydrogens (tertiary/aromatic N) is 2. The summed E-state index contributed by atoms with van der Waals surface area (Å²) >= 11 is 1.32. The molecule has 0 spiro atoms. The number of thiazole rings is 1. The molecule has 26 heavy (non-hydrogen) atoms. The van der Waals surface area contributed by atoms with Crippen molar-refractivity contribution in [3.8, 4) is 0 Å². The van der Waals surface area contributed by atoms with E-state index in [-0.39, 0.29) is 30.2 Å². The van der Waals surface area contributed by atoms with E-state index in [2.05, 4.69) is 10.3 Å². The highest BCUT2D eigenvalue weighted by Gasteiger charge is 2.22. The van der Waals surface area contributed by atoms with E-state index in [0.29, 0.717) is 23.5 Å². The van der Waals surface area contributed by atoms with Gasteiger partial charge < -0.3 is 10.2 Å². The lowest BCUT2D eigenvalue weighted by atomic mass is 10.1. The Morgan fingerprint density at radius 1 is 1.27 bits per heavy atom. The SMILES string of the molecule is CCN(CC(=O)NC(C)C)C(=O)c1sc(Cc2ccc(F)cc2)nc1C. The molecular formula is C19H24FN3O2S. The number of likely N-dealkylation sites (N-methyl/N-ethyl adjacent to an activating group) is 1. The molecule has 7 heteroatoms. The van der Waals surface area contributed by atoms with Gasteiger partial charge in [-0.2, -0.15) is 0 Å². The van der Waals surface area contributed by atoms with Crippen LogP contribution in [0.5, 0.6) is 0 Å². The van der Waals surface area contributed by atoms with Crippen LogP contribution in [0, 0.1) is 12.7 Å². The zero-order chi connectivity index (χ0) is 19.3. The number of aromatic nitrogens is 1. The Morgan fingerprint density at radius 2 is 1.92 bits per heavy atom. The van der Waals surface area contributed by atoms with Crippen LogP contribution in [0.1, 0.15) is 46.7 Å². The Labute approximate surface area is 157 Å². The molecule has 0 unspecified atom stereocenters. The lowest BCUT2D eigenvalue weighted by Crippen LogP contribution is -2.42. The Balaban J connectivity index is 2.11. The van der Waals surface area contributed by atoms with Gasteiger partial charge in [-0.15, -0.1) is 11.3 Å². The van der Waals surface area contributed by atoms with Crippen molar-refractivity contribution in [1.82, 2.24) is 15.2 Å². The van der Waals surface area contributed by atoms with Gasteiger partial charge in [0, 0.05) is 19.0 Å². The highest BCUT2D eigenvalue weighted by molar-refractivity contribution is 7.13. The molecule has 1 aromatic heterocycles. The van der Waals surface area contributed by atoms with Crippen molar-refractivity contribution in [3.05, 3.63) is 51.2 Å². The van der Waals surface area contributed by atoms with Crippen LogP contribution in [0.25, 0.3) is 0 Å². The van der Waals surface area contributed by atoms with Crippen LogP contribution < -0.4 is 5.32 Å². The molecule has 0 atom stereocenters. The Hall–Kier alpha value is -2.28. The maximum absolute atomic E-state index is 13.0. The third-order valence-corrected chi connectivity index (χ3v) is 4.90. The first-order chi connectivity index (χ1) is 12.3. The second-order valence-corrected chi connectivity index (χ2v) is 7.45. The molecule has 0 aliphatic heterocycles. The maximum Gasteiger partial charge on any atom is 0.266 e. The zero-order valence-electron chi connectivity index (χ0n) is 15.5. The van der Waals surface area contributed by atoms with Crippen LogP contribution >= 0.6 is 11.3 Å². The number of nitrogens with one attached hydrogen (secondary N) is 1. The van der Waals surface area contributed by atoms with E-state index in [0.717, 1.165) is 10.6 Å². The molecule has 5 nitrogen and oxygen atoms in total. The minimum atomic E-state index is -0.279. The molecule has 0 saturated heterocycles. The summed E-state index contributed by atoms with van der Waals surface area (Å²) in [5.41, 5.74) is 1.59. The van der Waals surface area contributed by atoms with Gasteiger partial charge in [0.2, 0.25) is 5.91 Å². The molecule has 0 fully saturated rings. The average molecular weight is 377 g/mol. The molecule has 140 valence electrons. The van der Waals surface area contributed by atoms with E-state index >= 15 is 0 Å². The molecule has 0 bridgehead atoms. The Bertz CT molecular complexity index is 772. The van der Waals surface area contributed by atoms with Crippen LogP contribution in [-0.4, -0.2) is 40.8 Å². The standard InChI is InChI=1S/C19H24FN3O2S/c1-5-23(11-16(24)21-12(2)3)19(25)18-13(4)22-17(26-18)10-14-6-8-15(20)9-7-14/h6-9,12H,5,10-11H2,1-4H3,(H,21,24). The Morgan fingerprint density at radius 3 is 2.50 bits per heavy atom. The minimum Gasteiger partial charge on any atom is -0.352 e. The summed E-state index contributed by atoms with van der Waals surface area (Å²) in [7, 11) is 0. The second-order valence-electron chi connectivity index (χ2n) is 6.37. The normalized spacial score (nSPS) is 10.8. The van der Waals surface area contributed by atoms with Gasteiger partial charge in [-0.25, -0.2) is 9.37 Å². The van der Waals surface area contributed by atoms with Crippen molar-refractivity contribution in [2.45, 2.75) is 40.2 Å². The highest BCUT2D eigenvalue weighted by atomic mass is 32.1. The highest BCUT2D eigenvalue weighted by Crippen LogP contribution is 2.22. The van der Waals surface area contributed by atoms with E-state index in [1.165, 1.54) is 28.4 Å². The third-order valence-electron chi connectivity index (χ3n) is 3.76. The monoisotopic (exact) mass is 377 g/mol. The van der Waals surface area contributed by atoms with E-state index in [9.17, 15) is 14.0 Å². The summed E-state index contributed by atoms with van der Waals surface area (Å²) in [6.45, 7) is 7.86. The van der Waals surface area contributed by atoms with E-state index < -0.39 is 0 Å². The number of carbonyl (C=O) groups is 2. The lowest BCUT2D eigenvalue weighted by Gasteiger charge is -2.20. The largest absolute Gasteiger partial charge is 0.352 e. The van der Waals surface area contributed by atoms with Gasteiger partial charge >= 0.3 is 0 Å². The number of rotatable bonds is 7. The lowest BCUT2D eigenvalue weighted by molar-refractivity contribution is -0.122. The number of hydrogen-bond donors (Lipinski definition) is 1. The molecule has 0 aliphatic rings. The fourth-order valence-corrected chi connectivity index (χ4v) is 3.58. The van der Waals surface area contributed by atoms with Crippen molar-refractivity contribution in [2.24, 2.45) is 0 Å². The quantitative estimate of drug-likeness (QED) is 0.806. The van der Waals surface area contributed by atoms with Crippen LogP contribution in [0.15, 0.2) is 24.3 Å². The molecule has 0 saturated carbocycles. The van der Waals surface area contributed by atoms with Crippen LogP contribution in [0.3, 0.4) is 0 Å². The first kappa shape index (κ1) is 20.0. The van der Waals surface area contributed by atoms with Gasteiger partial charge in [-0.05, 0) is 45.4 Å². The summed E-state index contributed by atoms with van der Waals surface area (Å²) in [5, 5.41) is 3.59. The predicted molar refractivity (Wildman–Crippen MR) is 101 cm³/mol. The van der Waals surface area contributed by atoms with Gasteiger partial charge in [-0.3, -0.25) is 9.59 Å². The third kappa shape index (κ3) is 5.36. The van der Waals surface area contributed by atoms with E-state index in [1.807, 2.05) is 20.8 Å². The van der Waals surface area contributed by atoms with Crippen molar-refractivity contribution in [2.75, 3.05) is 13.1 Å². The van der Waals surface area contributed by atoms with Gasteiger partial charge in [0.25, 0.3) is 5.91 Å². The number of amides is 2. The molecule has 2 rings (SSSR count). The van der Waals surface area contributed by atoms with Gasteiger partial charge in [0.05, 0.1) is 17.2 Å². The van der Waals surface area contributed by atoms with Gasteiger partial charge in [-0.1, -0.05) is 12.1 Å². The van der Waals surface area contributed by atoms with Gasteiger partial charge in [0.15, 0.2) is 0 Å². The topological polar surface area (TPSA) is 62.3 Å². The molecule has 2 aromatic rings. The number of carbonyl (C=O) groups excluding carboxylic acids is 2. The zero-order valence-corrected chi connectivity index (χ0v) is 16.3. The van der Waals surface area contributed by atoms with Crippen molar-refractivity contribution in [1.29, 1.82) is 0 Å². The van der Waals surface area contributed by atoms with Gasteiger partial charge in [0.1, 0.15) is 10.7 Å². The first-order valence-corrected chi connectivity index (χ1v) is 9.41. The van der Waals surface area contributed by atoms with Crippen molar-refractivity contribution < 1.29 is 14.0 Å². The summed E-state index contributed by atoms with van der Waals surface area (Å²) in [5.74, 6) is -0.645. The minimum absolute atomic E-state index is 0.0259. The number of benzene rings is 1. The molecule has 1 aromatic carbocycles. The fourth-order valence-electron chi connectivity index (χ4n) is 2.51. The van der Waals surface area contributed by atoms with Crippen LogP contribution in [0.4, 0.5) is 4.39 Å². The summed E-state index contributed by atoms with van der Waals surface area (Å²) < 4.78 is 13.0.